The fourth-order valence-corrected chi connectivity index (χ4v) is 8.41. The van der Waals surface area contributed by atoms with Crippen molar-refractivity contribution in [2.45, 2.75) is 116 Å². The molecule has 1 heterocycles. The summed E-state index contributed by atoms with van der Waals surface area (Å²) in [4.78, 5) is 122. The second-order valence-corrected chi connectivity index (χ2v) is 18.6. The lowest BCUT2D eigenvalue weighted by Gasteiger charge is -2.31. The van der Waals surface area contributed by atoms with E-state index >= 15 is 0 Å². The Balaban J connectivity index is 1.20. The Morgan fingerprint density at radius 2 is 1.25 bits per heavy atom. The molecule has 0 spiro atoms. The van der Waals surface area contributed by atoms with Gasteiger partial charge in [-0.3, -0.25) is 43.2 Å². The third-order valence-electron chi connectivity index (χ3n) is 11.9. The van der Waals surface area contributed by atoms with Crippen LogP contribution in [0.5, 0.6) is 0 Å². The van der Waals surface area contributed by atoms with Gasteiger partial charge in [-0.25, -0.2) is 0 Å². The highest BCUT2D eigenvalue weighted by molar-refractivity contribution is 6.30. The Bertz CT molecular complexity index is 2370. The van der Waals surface area contributed by atoms with Gasteiger partial charge in [0.15, 0.2) is 11.6 Å². The maximum absolute atomic E-state index is 14.4. The summed E-state index contributed by atoms with van der Waals surface area (Å²) in [5, 5.41) is 19.5. The monoisotopic (exact) mass is 950 g/mol. The molecule has 69 heavy (non-hydrogen) atoms. The number of likely N-dealkylation sites (tertiary alicyclic amines) is 1. The molecule has 3 aromatic carbocycles. The van der Waals surface area contributed by atoms with E-state index in [2.05, 4.69) is 37.2 Å². The zero-order chi connectivity index (χ0) is 50.4. The van der Waals surface area contributed by atoms with Crippen molar-refractivity contribution in [1.82, 2.24) is 36.8 Å². The zero-order valence-electron chi connectivity index (χ0n) is 40.3. The minimum Gasteiger partial charge on any atom is -0.384 e. The Labute approximate surface area is 403 Å². The van der Waals surface area contributed by atoms with Gasteiger partial charge in [-0.2, -0.15) is 0 Å². The van der Waals surface area contributed by atoms with E-state index < -0.39 is 78.2 Å². The lowest BCUT2D eigenvalue weighted by molar-refractivity contribution is -0.142. The number of benzene rings is 3. The fourth-order valence-electron chi connectivity index (χ4n) is 8.41. The summed E-state index contributed by atoms with van der Waals surface area (Å²) < 4.78 is 0. The molecule has 6 atom stereocenters. The van der Waals surface area contributed by atoms with Gasteiger partial charge in [0.1, 0.15) is 30.2 Å². The predicted molar refractivity (Wildman–Crippen MR) is 260 cm³/mol. The number of rotatable bonds is 23. The normalized spacial score (nSPS) is 16.2. The quantitative estimate of drug-likeness (QED) is 0.0500. The van der Waals surface area contributed by atoms with E-state index in [9.17, 15) is 43.2 Å². The summed E-state index contributed by atoms with van der Waals surface area (Å²) in [5.74, 6) is -4.43. The van der Waals surface area contributed by atoms with Gasteiger partial charge in [-0.15, -0.1) is 0 Å². The molecule has 7 amide bonds. The molecular formula is C51H67N9O9. The lowest BCUT2D eigenvalue weighted by atomic mass is 9.83. The molecule has 1 aliphatic heterocycles. The number of nitrogens with zero attached hydrogens (tertiary/aromatic N) is 1. The summed E-state index contributed by atoms with van der Waals surface area (Å²) in [7, 11) is 0. The number of carbonyl (C=O) groups excluding carboxylic acids is 9. The molecule has 9 N–H and O–H groups in total. The number of nitrogens with two attached hydrogens (primary N) is 1. The van der Waals surface area contributed by atoms with Gasteiger partial charge in [0.25, 0.3) is 0 Å². The maximum atomic E-state index is 14.4. The van der Waals surface area contributed by atoms with Gasteiger partial charge in [0, 0.05) is 48.4 Å². The first-order valence-corrected chi connectivity index (χ1v) is 23.8. The van der Waals surface area contributed by atoms with Crippen molar-refractivity contribution in [3.8, 4) is 0 Å². The average Bonchev–Trinajstić information content (AvgIpc) is 3.82. The highest BCUT2D eigenvalue weighted by Gasteiger charge is 2.39. The Morgan fingerprint density at radius 1 is 0.638 bits per heavy atom. The minimum atomic E-state index is -1.18. The van der Waals surface area contributed by atoms with Crippen molar-refractivity contribution in [1.29, 1.82) is 0 Å². The summed E-state index contributed by atoms with van der Waals surface area (Å²) in [6.07, 6.45) is 1.98. The van der Waals surface area contributed by atoms with Gasteiger partial charge in [0.2, 0.25) is 41.4 Å². The predicted octanol–water partition coefficient (Wildman–Crippen LogP) is 2.13. The van der Waals surface area contributed by atoms with Crippen molar-refractivity contribution < 1.29 is 43.2 Å². The second kappa shape index (κ2) is 24.9. The molecule has 1 aliphatic carbocycles. The van der Waals surface area contributed by atoms with Crippen LogP contribution < -0.4 is 43.0 Å². The summed E-state index contributed by atoms with van der Waals surface area (Å²) in [5.41, 5.74) is 8.21. The fraction of sp³-hybridized carbons (Fsp3) is 0.471. The van der Waals surface area contributed by atoms with Crippen LogP contribution in [0, 0.1) is 11.8 Å². The smallest absolute Gasteiger partial charge is 0.245 e. The van der Waals surface area contributed by atoms with Gasteiger partial charge in [0.05, 0.1) is 18.2 Å². The van der Waals surface area contributed by atoms with Crippen LogP contribution in [-0.2, 0) is 40.0 Å². The van der Waals surface area contributed by atoms with Crippen molar-refractivity contribution in [2.75, 3.05) is 31.5 Å². The molecule has 0 radical (unpaired) electrons. The number of carbonyl (C=O) groups is 9. The molecule has 0 bridgehead atoms. The molecule has 2 aliphatic rings. The number of hydrogen-bond donors (Lipinski definition) is 8. The molecule has 1 fully saturated rings. The largest absolute Gasteiger partial charge is 0.384 e. The van der Waals surface area contributed by atoms with Crippen LogP contribution in [0.3, 0.4) is 0 Å². The summed E-state index contributed by atoms with van der Waals surface area (Å²) >= 11 is 0. The van der Waals surface area contributed by atoms with Crippen LogP contribution in [0.1, 0.15) is 111 Å². The van der Waals surface area contributed by atoms with Crippen LogP contribution >= 0.6 is 0 Å². The molecule has 3 aromatic rings. The zero-order valence-corrected chi connectivity index (χ0v) is 40.3. The van der Waals surface area contributed by atoms with Crippen molar-refractivity contribution in [3.63, 3.8) is 0 Å². The maximum Gasteiger partial charge on any atom is 0.245 e. The highest BCUT2D eigenvalue weighted by Crippen LogP contribution is 2.32. The van der Waals surface area contributed by atoms with Gasteiger partial charge < -0.3 is 47.9 Å². The Morgan fingerprint density at radius 3 is 1.91 bits per heavy atom. The molecule has 5 rings (SSSR count). The van der Waals surface area contributed by atoms with Crippen LogP contribution in [-0.4, -0.2) is 120 Å². The lowest BCUT2D eigenvalue weighted by Crippen LogP contribution is -2.59. The number of hydrogen-bond acceptors (Lipinski definition) is 11. The van der Waals surface area contributed by atoms with Crippen molar-refractivity contribution in [3.05, 3.63) is 101 Å². The number of fused-ring (bicyclic) bond motifs is 2. The van der Waals surface area contributed by atoms with E-state index in [0.717, 1.165) is 5.56 Å². The first-order valence-electron chi connectivity index (χ1n) is 23.8. The molecule has 18 nitrogen and oxygen atoms in total. The van der Waals surface area contributed by atoms with Crippen LogP contribution in [0.2, 0.25) is 0 Å². The van der Waals surface area contributed by atoms with E-state index in [4.69, 9.17) is 5.73 Å². The number of nitrogens with one attached hydrogen (secondary N) is 7. The molecule has 1 saturated heterocycles. The van der Waals surface area contributed by atoms with Crippen molar-refractivity contribution >= 4 is 58.6 Å². The standard InChI is InChI=1S/C51H67N9O9/c1-29(2)25-38(57-42(61)28-55-47(65)32(6)56-46(64)31(5)52)48(66)58-39(27-33-15-8-7-9-16-33)49(67)59-40(26-30(3)4)51(69)60-24-13-21-41(60)50(68)54-23-14-22-53-37-20-12-19-36-43(37)45(63)35-18-11-10-17-34(35)44(36)62/h7-12,15-20,29-32,38-41,53H,13-14,21-28,52H2,1-6H3,(H,54,68)(H,55,65)(H,56,64)(H,57,61)(H,58,66)(H,59,67)/t31-,32+,38+,39+,40+,41+/m1/s1. The van der Waals surface area contributed by atoms with Gasteiger partial charge >= 0.3 is 0 Å². The first kappa shape index (κ1) is 53.0. The molecule has 0 saturated carbocycles. The number of amides is 7. The third-order valence-corrected chi connectivity index (χ3v) is 11.9. The van der Waals surface area contributed by atoms with Crippen LogP contribution in [0.15, 0.2) is 72.8 Å². The van der Waals surface area contributed by atoms with Gasteiger partial charge in [-0.1, -0.05) is 94.4 Å². The third kappa shape index (κ3) is 14.5. The van der Waals surface area contributed by atoms with E-state index in [-0.39, 0.29) is 55.1 Å². The first-order chi connectivity index (χ1) is 32.9. The number of ketones is 2. The van der Waals surface area contributed by atoms with Crippen LogP contribution in [0.25, 0.3) is 0 Å². The molecule has 18 heteroatoms. The van der Waals surface area contributed by atoms with E-state index in [1.807, 2.05) is 33.8 Å². The van der Waals surface area contributed by atoms with Crippen LogP contribution in [0.4, 0.5) is 5.69 Å². The van der Waals surface area contributed by atoms with E-state index in [1.54, 1.807) is 66.7 Å². The van der Waals surface area contributed by atoms with E-state index in [0.29, 0.717) is 60.3 Å². The summed E-state index contributed by atoms with van der Waals surface area (Å²) in [6.45, 7) is 10.9. The second-order valence-electron chi connectivity index (χ2n) is 18.6. The number of anilines is 1. The molecule has 0 aromatic heterocycles. The van der Waals surface area contributed by atoms with Gasteiger partial charge in [-0.05, 0) is 69.4 Å². The SMILES string of the molecule is CC(C)C[C@H](NC(=O)CNC(=O)[C@H](C)NC(=O)[C@@H](C)N)C(=O)N[C@@H](Cc1ccccc1)C(=O)N[C@@H](CC(C)C)C(=O)N1CCC[C@H]1C(=O)NCCCNc1cccc2c1C(=O)c1ccccc1C2=O. The Kier molecular flexibility index (Phi) is 19.1. The molecule has 370 valence electrons. The topological polar surface area (TPSA) is 267 Å². The van der Waals surface area contributed by atoms with Crippen molar-refractivity contribution in [2.24, 2.45) is 17.6 Å². The van der Waals surface area contributed by atoms with E-state index in [1.165, 1.54) is 18.7 Å². The molecule has 0 unspecified atom stereocenters. The Hall–Kier alpha value is -6.95. The average molecular weight is 950 g/mol. The minimum absolute atomic E-state index is 0.0446. The highest BCUT2D eigenvalue weighted by atomic mass is 16.2. The molecular weight excluding hydrogens is 883 g/mol. The summed E-state index contributed by atoms with van der Waals surface area (Å²) in [6, 6.07) is 15.0.